The Labute approximate surface area is 149 Å². The van der Waals surface area contributed by atoms with Gasteiger partial charge in [0.2, 0.25) is 0 Å². The molecule has 0 saturated heterocycles. The van der Waals surface area contributed by atoms with Crippen molar-refractivity contribution in [2.24, 2.45) is 0 Å². The van der Waals surface area contributed by atoms with Crippen LogP contribution in [0.1, 0.15) is 35.3 Å². The van der Waals surface area contributed by atoms with Gasteiger partial charge in [-0.2, -0.15) is 0 Å². The van der Waals surface area contributed by atoms with Crippen molar-refractivity contribution in [1.82, 2.24) is 16.2 Å². The Hall–Kier alpha value is -2.18. The SMILES string of the molecule is CC[C@@H](NCC(=O)NNC(=O)c1ccccc1)c1ccc(Br)cc1. The zero-order chi connectivity index (χ0) is 17.4. The Kier molecular flexibility index (Phi) is 6.96. The minimum atomic E-state index is -0.344. The van der Waals surface area contributed by atoms with Crippen molar-refractivity contribution in [3.05, 3.63) is 70.2 Å². The second-order valence-corrected chi connectivity index (χ2v) is 6.18. The lowest BCUT2D eigenvalue weighted by Gasteiger charge is -2.17. The van der Waals surface area contributed by atoms with Crippen molar-refractivity contribution in [1.29, 1.82) is 0 Å². The van der Waals surface area contributed by atoms with Gasteiger partial charge in [0, 0.05) is 16.1 Å². The van der Waals surface area contributed by atoms with Crippen LogP contribution in [0.4, 0.5) is 0 Å². The quantitative estimate of drug-likeness (QED) is 0.665. The van der Waals surface area contributed by atoms with E-state index in [1.54, 1.807) is 24.3 Å². The third-order valence-electron chi connectivity index (χ3n) is 3.54. The van der Waals surface area contributed by atoms with Gasteiger partial charge in [-0.15, -0.1) is 0 Å². The monoisotopic (exact) mass is 389 g/mol. The molecule has 2 amide bonds. The number of benzene rings is 2. The van der Waals surface area contributed by atoms with Crippen LogP contribution < -0.4 is 16.2 Å². The van der Waals surface area contributed by atoms with E-state index in [1.165, 1.54) is 0 Å². The Morgan fingerprint density at radius 1 is 1.00 bits per heavy atom. The lowest BCUT2D eigenvalue weighted by Crippen LogP contribution is -2.45. The molecule has 0 unspecified atom stereocenters. The van der Waals surface area contributed by atoms with Gasteiger partial charge in [-0.1, -0.05) is 53.2 Å². The molecule has 1 atom stereocenters. The molecule has 0 bridgehead atoms. The zero-order valence-corrected chi connectivity index (χ0v) is 15.0. The molecule has 3 N–H and O–H groups in total. The van der Waals surface area contributed by atoms with Gasteiger partial charge in [-0.25, -0.2) is 0 Å². The van der Waals surface area contributed by atoms with Gasteiger partial charge in [-0.05, 0) is 36.2 Å². The molecule has 0 heterocycles. The molecule has 24 heavy (non-hydrogen) atoms. The van der Waals surface area contributed by atoms with Crippen LogP contribution >= 0.6 is 15.9 Å². The van der Waals surface area contributed by atoms with E-state index in [1.807, 2.05) is 30.3 Å². The molecular weight excluding hydrogens is 370 g/mol. The van der Waals surface area contributed by atoms with E-state index in [9.17, 15) is 9.59 Å². The fourth-order valence-electron chi connectivity index (χ4n) is 2.24. The molecular formula is C18H20BrN3O2. The number of rotatable bonds is 6. The molecule has 0 saturated carbocycles. The highest BCUT2D eigenvalue weighted by Gasteiger charge is 2.11. The smallest absolute Gasteiger partial charge is 0.269 e. The van der Waals surface area contributed by atoms with Gasteiger partial charge >= 0.3 is 0 Å². The van der Waals surface area contributed by atoms with E-state index >= 15 is 0 Å². The van der Waals surface area contributed by atoms with Crippen LogP contribution in [-0.4, -0.2) is 18.4 Å². The maximum Gasteiger partial charge on any atom is 0.269 e. The van der Waals surface area contributed by atoms with Gasteiger partial charge < -0.3 is 5.32 Å². The highest BCUT2D eigenvalue weighted by Crippen LogP contribution is 2.19. The van der Waals surface area contributed by atoms with E-state index in [2.05, 4.69) is 39.0 Å². The molecule has 0 radical (unpaired) electrons. The summed E-state index contributed by atoms with van der Waals surface area (Å²) in [5.41, 5.74) is 6.42. The molecule has 0 aliphatic heterocycles. The standard InChI is InChI=1S/C18H20BrN3O2/c1-2-16(13-8-10-15(19)11-9-13)20-12-17(23)21-22-18(24)14-6-4-3-5-7-14/h3-11,16,20H,2,12H2,1H3,(H,21,23)(H,22,24)/t16-/m1/s1. The topological polar surface area (TPSA) is 70.2 Å². The van der Waals surface area contributed by atoms with E-state index in [0.717, 1.165) is 16.5 Å². The fraction of sp³-hybridized carbons (Fsp3) is 0.222. The summed E-state index contributed by atoms with van der Waals surface area (Å²) in [5, 5.41) is 3.19. The Balaban J connectivity index is 1.79. The Morgan fingerprint density at radius 3 is 2.29 bits per heavy atom. The number of carbonyl (C=O) groups is 2. The maximum absolute atomic E-state index is 11.9. The Morgan fingerprint density at radius 2 is 1.67 bits per heavy atom. The van der Waals surface area contributed by atoms with Crippen molar-refractivity contribution >= 4 is 27.7 Å². The van der Waals surface area contributed by atoms with E-state index in [-0.39, 0.29) is 24.4 Å². The number of carbonyl (C=O) groups excluding carboxylic acids is 2. The summed E-state index contributed by atoms with van der Waals surface area (Å²) in [7, 11) is 0. The fourth-order valence-corrected chi connectivity index (χ4v) is 2.51. The largest absolute Gasteiger partial charge is 0.301 e. The normalized spacial score (nSPS) is 11.6. The zero-order valence-electron chi connectivity index (χ0n) is 13.4. The highest BCUT2D eigenvalue weighted by atomic mass is 79.9. The molecule has 0 aliphatic rings. The first-order valence-electron chi connectivity index (χ1n) is 7.73. The average Bonchev–Trinajstić information content (AvgIpc) is 2.62. The number of hydrogen-bond acceptors (Lipinski definition) is 3. The molecule has 2 aromatic carbocycles. The van der Waals surface area contributed by atoms with Crippen LogP contribution in [-0.2, 0) is 4.79 Å². The summed E-state index contributed by atoms with van der Waals surface area (Å²) in [6.45, 7) is 2.17. The molecule has 0 fully saturated rings. The summed E-state index contributed by atoms with van der Waals surface area (Å²) < 4.78 is 1.02. The molecule has 126 valence electrons. The van der Waals surface area contributed by atoms with Gasteiger partial charge in [0.1, 0.15) is 0 Å². The molecule has 2 rings (SSSR count). The van der Waals surface area contributed by atoms with E-state index in [4.69, 9.17) is 0 Å². The number of nitrogens with one attached hydrogen (secondary N) is 3. The first kappa shape index (κ1) is 18.2. The van der Waals surface area contributed by atoms with Gasteiger partial charge in [-0.3, -0.25) is 20.4 Å². The van der Waals surface area contributed by atoms with Crippen LogP contribution in [0.25, 0.3) is 0 Å². The first-order chi connectivity index (χ1) is 11.6. The third-order valence-corrected chi connectivity index (χ3v) is 4.07. The molecule has 0 aromatic heterocycles. The van der Waals surface area contributed by atoms with Crippen LogP contribution in [0.5, 0.6) is 0 Å². The van der Waals surface area contributed by atoms with Crippen LogP contribution in [0.15, 0.2) is 59.1 Å². The van der Waals surface area contributed by atoms with Gasteiger partial charge in [0.25, 0.3) is 11.8 Å². The average molecular weight is 390 g/mol. The number of hydrazine groups is 1. The van der Waals surface area contributed by atoms with Crippen molar-refractivity contribution < 1.29 is 9.59 Å². The van der Waals surface area contributed by atoms with Crippen LogP contribution in [0.2, 0.25) is 0 Å². The van der Waals surface area contributed by atoms with E-state index in [0.29, 0.717) is 5.56 Å². The predicted octanol–water partition coefficient (Wildman–Crippen LogP) is 2.95. The molecule has 0 spiro atoms. The summed E-state index contributed by atoms with van der Waals surface area (Å²) >= 11 is 3.41. The van der Waals surface area contributed by atoms with E-state index < -0.39 is 0 Å². The lowest BCUT2D eigenvalue weighted by atomic mass is 10.0. The van der Waals surface area contributed by atoms with Gasteiger partial charge in [0.15, 0.2) is 0 Å². The summed E-state index contributed by atoms with van der Waals surface area (Å²) in [5.74, 6) is -0.640. The number of hydrogen-bond donors (Lipinski definition) is 3. The summed E-state index contributed by atoms with van der Waals surface area (Å²) in [4.78, 5) is 23.7. The summed E-state index contributed by atoms with van der Waals surface area (Å²) in [6, 6.07) is 16.8. The lowest BCUT2D eigenvalue weighted by molar-refractivity contribution is -0.121. The predicted molar refractivity (Wildman–Crippen MR) is 97.2 cm³/mol. The van der Waals surface area contributed by atoms with Crippen LogP contribution in [0.3, 0.4) is 0 Å². The highest BCUT2D eigenvalue weighted by molar-refractivity contribution is 9.10. The molecule has 0 aliphatic carbocycles. The second-order valence-electron chi connectivity index (χ2n) is 5.26. The molecule has 5 nitrogen and oxygen atoms in total. The van der Waals surface area contributed by atoms with Crippen molar-refractivity contribution in [2.45, 2.75) is 19.4 Å². The first-order valence-corrected chi connectivity index (χ1v) is 8.52. The summed E-state index contributed by atoms with van der Waals surface area (Å²) in [6.07, 6.45) is 0.852. The number of halogens is 1. The minimum Gasteiger partial charge on any atom is -0.301 e. The maximum atomic E-state index is 11.9. The van der Waals surface area contributed by atoms with Crippen molar-refractivity contribution in [3.63, 3.8) is 0 Å². The second kappa shape index (κ2) is 9.20. The molecule has 6 heteroatoms. The van der Waals surface area contributed by atoms with Gasteiger partial charge in [0.05, 0.1) is 6.54 Å². The van der Waals surface area contributed by atoms with Crippen molar-refractivity contribution in [2.75, 3.05) is 6.54 Å². The third kappa shape index (κ3) is 5.47. The Bertz CT molecular complexity index is 674. The number of amides is 2. The minimum absolute atomic E-state index is 0.0775. The van der Waals surface area contributed by atoms with Crippen LogP contribution in [0, 0.1) is 0 Å². The molecule has 2 aromatic rings. The van der Waals surface area contributed by atoms with Crippen molar-refractivity contribution in [3.8, 4) is 0 Å².